The van der Waals surface area contributed by atoms with Crippen LogP contribution in [0.3, 0.4) is 0 Å². The van der Waals surface area contributed by atoms with Crippen LogP contribution in [0.1, 0.15) is 26.2 Å². The first kappa shape index (κ1) is 11.5. The average Bonchev–Trinajstić information content (AvgIpc) is 2.20. The van der Waals surface area contributed by atoms with Gasteiger partial charge in [-0.1, -0.05) is 0 Å². The van der Waals surface area contributed by atoms with Crippen molar-refractivity contribution in [2.45, 2.75) is 32.2 Å². The van der Waals surface area contributed by atoms with Gasteiger partial charge in [-0.25, -0.2) is 0 Å². The largest absolute Gasteiger partial charge is 0.466 e. The molecule has 1 N–H and O–H groups in total. The summed E-state index contributed by atoms with van der Waals surface area (Å²) in [5.41, 5.74) is 0. The summed E-state index contributed by atoms with van der Waals surface area (Å²) in [6.07, 6.45) is 2.55. The second-order valence-electron chi connectivity index (χ2n) is 3.40. The number of nitrogens with one attached hydrogen (secondary N) is 1. The Morgan fingerprint density at radius 2 is 2.21 bits per heavy atom. The molecule has 1 rings (SSSR count). The Kier molecular flexibility index (Phi) is 5.56. The summed E-state index contributed by atoms with van der Waals surface area (Å²) in [6.45, 7) is 4.66. The molecule has 0 radical (unpaired) electrons. The number of hydrogen-bond donors (Lipinski definition) is 1. The number of carbonyl (C=O) groups excluding carboxylic acids is 1. The van der Waals surface area contributed by atoms with Crippen LogP contribution in [0.15, 0.2) is 0 Å². The van der Waals surface area contributed by atoms with E-state index in [9.17, 15) is 4.79 Å². The van der Waals surface area contributed by atoms with Crippen LogP contribution in [-0.2, 0) is 14.3 Å². The number of rotatable bonds is 5. The van der Waals surface area contributed by atoms with Crippen LogP contribution < -0.4 is 5.32 Å². The second-order valence-corrected chi connectivity index (χ2v) is 3.40. The minimum atomic E-state index is -0.118. The van der Waals surface area contributed by atoms with Crippen LogP contribution in [0, 0.1) is 0 Å². The fourth-order valence-electron chi connectivity index (χ4n) is 1.51. The number of ether oxygens (including phenoxy) is 2. The normalized spacial score (nSPS) is 18.1. The first-order chi connectivity index (χ1) is 6.83. The molecule has 0 aromatic carbocycles. The highest BCUT2D eigenvalue weighted by Crippen LogP contribution is 2.05. The molecule has 1 heterocycles. The Morgan fingerprint density at radius 3 is 2.86 bits per heavy atom. The lowest BCUT2D eigenvalue weighted by Crippen LogP contribution is -2.36. The van der Waals surface area contributed by atoms with Gasteiger partial charge >= 0.3 is 5.97 Å². The predicted molar refractivity (Wildman–Crippen MR) is 53.1 cm³/mol. The van der Waals surface area contributed by atoms with Gasteiger partial charge < -0.3 is 14.8 Å². The fourth-order valence-corrected chi connectivity index (χ4v) is 1.51. The summed E-state index contributed by atoms with van der Waals surface area (Å²) < 4.78 is 10.1. The summed E-state index contributed by atoms with van der Waals surface area (Å²) in [6, 6.07) is 0.512. The molecule has 1 aliphatic rings. The maximum atomic E-state index is 11.0. The highest BCUT2D eigenvalue weighted by molar-refractivity contribution is 5.69. The lowest BCUT2D eigenvalue weighted by Gasteiger charge is -2.22. The fraction of sp³-hybridized carbons (Fsp3) is 0.900. The smallest absolute Gasteiger partial charge is 0.307 e. The van der Waals surface area contributed by atoms with Crippen molar-refractivity contribution in [3.05, 3.63) is 0 Å². The Hall–Kier alpha value is -0.610. The van der Waals surface area contributed by atoms with Crippen LogP contribution in [0.5, 0.6) is 0 Å². The molecule has 1 fully saturated rings. The first-order valence-electron chi connectivity index (χ1n) is 5.29. The third-order valence-corrected chi connectivity index (χ3v) is 2.29. The molecule has 0 aromatic rings. The second kappa shape index (κ2) is 6.79. The van der Waals surface area contributed by atoms with Gasteiger partial charge in [0.15, 0.2) is 0 Å². The highest BCUT2D eigenvalue weighted by Gasteiger charge is 2.13. The van der Waals surface area contributed by atoms with Gasteiger partial charge in [-0.05, 0) is 19.8 Å². The molecule has 0 aliphatic carbocycles. The van der Waals surface area contributed by atoms with Gasteiger partial charge in [-0.15, -0.1) is 0 Å². The molecule has 0 spiro atoms. The zero-order valence-corrected chi connectivity index (χ0v) is 8.75. The van der Waals surface area contributed by atoms with Gasteiger partial charge in [0.1, 0.15) is 0 Å². The van der Waals surface area contributed by atoms with Crippen LogP contribution in [0.4, 0.5) is 0 Å². The molecule has 0 aromatic heterocycles. The van der Waals surface area contributed by atoms with E-state index in [1.54, 1.807) is 0 Å². The molecule has 0 unspecified atom stereocenters. The predicted octanol–water partition coefficient (Wildman–Crippen LogP) is 0.708. The van der Waals surface area contributed by atoms with E-state index >= 15 is 0 Å². The zero-order valence-electron chi connectivity index (χ0n) is 8.75. The third kappa shape index (κ3) is 4.58. The lowest BCUT2D eigenvalue weighted by atomic mass is 10.1. The minimum Gasteiger partial charge on any atom is -0.466 e. The number of esters is 1. The molecule has 0 amide bonds. The molecule has 0 saturated carbocycles. The van der Waals surface area contributed by atoms with Crippen LogP contribution in [-0.4, -0.2) is 38.4 Å². The molecule has 0 bridgehead atoms. The van der Waals surface area contributed by atoms with Crippen molar-refractivity contribution in [1.82, 2.24) is 5.32 Å². The van der Waals surface area contributed by atoms with Crippen LogP contribution >= 0.6 is 0 Å². The van der Waals surface area contributed by atoms with Crippen molar-refractivity contribution in [2.75, 3.05) is 26.4 Å². The minimum absolute atomic E-state index is 0.118. The van der Waals surface area contributed by atoms with E-state index in [0.29, 0.717) is 25.6 Å². The van der Waals surface area contributed by atoms with Crippen LogP contribution in [0.25, 0.3) is 0 Å². The topological polar surface area (TPSA) is 47.6 Å². The molecular formula is C10H19NO3. The van der Waals surface area contributed by atoms with E-state index in [1.807, 2.05) is 6.92 Å². The van der Waals surface area contributed by atoms with Gasteiger partial charge in [0.2, 0.25) is 0 Å². The van der Waals surface area contributed by atoms with Crippen molar-refractivity contribution in [3.8, 4) is 0 Å². The summed E-state index contributed by atoms with van der Waals surface area (Å²) >= 11 is 0. The summed E-state index contributed by atoms with van der Waals surface area (Å²) in [7, 11) is 0. The van der Waals surface area contributed by atoms with Crippen molar-refractivity contribution in [2.24, 2.45) is 0 Å². The third-order valence-electron chi connectivity index (χ3n) is 2.29. The average molecular weight is 201 g/mol. The number of carbonyl (C=O) groups is 1. The van der Waals surface area contributed by atoms with Crippen molar-refractivity contribution < 1.29 is 14.3 Å². The highest BCUT2D eigenvalue weighted by atomic mass is 16.5. The molecule has 14 heavy (non-hydrogen) atoms. The molecule has 82 valence electrons. The Balaban J connectivity index is 1.99. The quantitative estimate of drug-likeness (QED) is 0.665. The van der Waals surface area contributed by atoms with Gasteiger partial charge in [-0.2, -0.15) is 0 Å². The van der Waals surface area contributed by atoms with E-state index in [-0.39, 0.29) is 5.97 Å². The van der Waals surface area contributed by atoms with E-state index in [4.69, 9.17) is 9.47 Å². The molecule has 4 nitrogen and oxygen atoms in total. The number of hydrogen-bond acceptors (Lipinski definition) is 4. The zero-order chi connectivity index (χ0) is 10.2. The Morgan fingerprint density at radius 1 is 1.50 bits per heavy atom. The van der Waals surface area contributed by atoms with Gasteiger partial charge in [0, 0.05) is 25.8 Å². The van der Waals surface area contributed by atoms with Gasteiger partial charge in [-0.3, -0.25) is 4.79 Å². The molecule has 0 atom stereocenters. The molecule has 1 aliphatic heterocycles. The Labute approximate surface area is 85.0 Å². The molecular weight excluding hydrogens is 182 g/mol. The van der Waals surface area contributed by atoms with Crippen molar-refractivity contribution >= 4 is 5.97 Å². The van der Waals surface area contributed by atoms with E-state index in [2.05, 4.69) is 5.32 Å². The lowest BCUT2D eigenvalue weighted by molar-refractivity contribution is -0.143. The monoisotopic (exact) mass is 201 g/mol. The van der Waals surface area contributed by atoms with E-state index < -0.39 is 0 Å². The Bertz CT molecular complexity index is 167. The standard InChI is InChI=1S/C10H19NO3/c1-2-14-10(12)3-6-11-9-4-7-13-8-5-9/h9,11H,2-8H2,1H3. The molecule has 4 heteroatoms. The van der Waals surface area contributed by atoms with Crippen molar-refractivity contribution in [3.63, 3.8) is 0 Å². The van der Waals surface area contributed by atoms with Crippen LogP contribution in [0.2, 0.25) is 0 Å². The maximum absolute atomic E-state index is 11.0. The summed E-state index contributed by atoms with van der Waals surface area (Å²) in [4.78, 5) is 11.0. The van der Waals surface area contributed by atoms with E-state index in [0.717, 1.165) is 26.1 Å². The summed E-state index contributed by atoms with van der Waals surface area (Å²) in [5.74, 6) is -0.118. The SMILES string of the molecule is CCOC(=O)CCNC1CCOCC1. The summed E-state index contributed by atoms with van der Waals surface area (Å²) in [5, 5.41) is 3.33. The molecule has 1 saturated heterocycles. The van der Waals surface area contributed by atoms with Gasteiger partial charge in [0.05, 0.1) is 13.0 Å². The van der Waals surface area contributed by atoms with E-state index in [1.165, 1.54) is 0 Å². The van der Waals surface area contributed by atoms with Crippen molar-refractivity contribution in [1.29, 1.82) is 0 Å². The maximum Gasteiger partial charge on any atom is 0.307 e. The first-order valence-corrected chi connectivity index (χ1v) is 5.29. The van der Waals surface area contributed by atoms with Gasteiger partial charge in [0.25, 0.3) is 0 Å².